The van der Waals surface area contributed by atoms with Crippen LogP contribution in [-0.4, -0.2) is 17.3 Å². The van der Waals surface area contributed by atoms with E-state index in [0.29, 0.717) is 5.25 Å². The molecule has 0 aromatic heterocycles. The Morgan fingerprint density at radius 2 is 1.14 bits per heavy atom. The molecule has 0 radical (unpaired) electrons. The van der Waals surface area contributed by atoms with Crippen molar-refractivity contribution in [1.82, 2.24) is 0 Å². The lowest BCUT2D eigenvalue weighted by Gasteiger charge is -2.27. The molecule has 3 unspecified atom stereocenters. The Balaban J connectivity index is 1.71. The van der Waals surface area contributed by atoms with Crippen LogP contribution >= 0.6 is 11.8 Å². The summed E-state index contributed by atoms with van der Waals surface area (Å²) in [5.74, 6) is 0.938. The van der Waals surface area contributed by atoms with E-state index in [1.54, 1.807) is 0 Å². The van der Waals surface area contributed by atoms with Gasteiger partial charge in [-0.05, 0) is 78.1 Å². The number of allylic oxidation sites excluding steroid dienone is 2. The lowest BCUT2D eigenvalue weighted by molar-refractivity contribution is -0.116. The average molecular weight is 496 g/mol. The summed E-state index contributed by atoms with van der Waals surface area (Å²) in [5, 5.41) is 0.618. The lowest BCUT2D eigenvalue weighted by atomic mass is 9.91. The van der Waals surface area contributed by atoms with Crippen molar-refractivity contribution >= 4 is 40.4 Å². The molecule has 3 atom stereocenters. The Morgan fingerprint density at radius 3 is 1.44 bits per heavy atom. The molecule has 184 valence electrons. The first-order chi connectivity index (χ1) is 17.5. The number of anilines is 3. The predicted octanol–water partition coefficient (Wildman–Crippen LogP) is 8.44. The van der Waals surface area contributed by atoms with E-state index in [1.165, 1.54) is 23.5 Å². The number of nitrogens with zero attached hydrogens (tertiary/aromatic N) is 1. The quantitative estimate of drug-likeness (QED) is 0.187. The summed E-state index contributed by atoms with van der Waals surface area (Å²) in [4.78, 5) is 26.8. The summed E-state index contributed by atoms with van der Waals surface area (Å²) < 4.78 is 0. The molecule has 36 heavy (non-hydrogen) atoms. The first-order valence-corrected chi connectivity index (χ1v) is 13.6. The van der Waals surface area contributed by atoms with Crippen molar-refractivity contribution in [2.75, 3.05) is 10.7 Å². The minimum atomic E-state index is -0.173. The SMILES string of the molecule is C=CC(=O)C(CC)c1ccc(N(c2ccc(C3CS3)cc2)c2ccc(C(CC)C(=O)C=C)cc2)cc1. The van der Waals surface area contributed by atoms with E-state index in [1.807, 2.05) is 49.9 Å². The van der Waals surface area contributed by atoms with Crippen LogP contribution in [0.3, 0.4) is 0 Å². The van der Waals surface area contributed by atoms with Gasteiger partial charge in [0.1, 0.15) is 0 Å². The van der Waals surface area contributed by atoms with Crippen molar-refractivity contribution in [3.63, 3.8) is 0 Å². The van der Waals surface area contributed by atoms with E-state index >= 15 is 0 Å². The van der Waals surface area contributed by atoms with E-state index in [9.17, 15) is 9.59 Å². The summed E-state index contributed by atoms with van der Waals surface area (Å²) in [6.07, 6.45) is 4.29. The van der Waals surface area contributed by atoms with E-state index in [-0.39, 0.29) is 23.4 Å². The smallest absolute Gasteiger partial charge is 0.162 e. The number of rotatable bonds is 12. The molecule has 1 fully saturated rings. The first kappa shape index (κ1) is 25.7. The molecule has 0 aliphatic carbocycles. The highest BCUT2D eigenvalue weighted by Gasteiger charge is 2.25. The lowest BCUT2D eigenvalue weighted by Crippen LogP contribution is -2.12. The summed E-state index contributed by atoms with van der Waals surface area (Å²) >= 11 is 1.97. The normalized spacial score (nSPS) is 16.0. The van der Waals surface area contributed by atoms with Gasteiger partial charge >= 0.3 is 0 Å². The minimum absolute atomic E-state index is 0.0470. The third kappa shape index (κ3) is 5.55. The van der Waals surface area contributed by atoms with Gasteiger partial charge in [-0.3, -0.25) is 9.59 Å². The monoisotopic (exact) mass is 495 g/mol. The minimum Gasteiger partial charge on any atom is -0.311 e. The fourth-order valence-corrected chi connectivity index (χ4v) is 5.36. The average Bonchev–Trinajstić information content (AvgIpc) is 3.77. The number of hydrogen-bond donors (Lipinski definition) is 0. The summed E-state index contributed by atoms with van der Waals surface area (Å²) in [7, 11) is 0. The second kappa shape index (κ2) is 11.6. The maximum absolute atomic E-state index is 12.3. The molecule has 0 bridgehead atoms. The molecule has 1 heterocycles. The number of carbonyl (C=O) groups excluding carboxylic acids is 2. The van der Waals surface area contributed by atoms with E-state index in [2.05, 4.69) is 66.6 Å². The van der Waals surface area contributed by atoms with Gasteiger partial charge in [-0.2, -0.15) is 11.8 Å². The second-order valence-corrected chi connectivity index (χ2v) is 10.3. The van der Waals surface area contributed by atoms with E-state index in [4.69, 9.17) is 0 Å². The van der Waals surface area contributed by atoms with Gasteiger partial charge in [0, 0.05) is 39.9 Å². The highest BCUT2D eigenvalue weighted by atomic mass is 32.2. The number of thioether (sulfide) groups is 1. The fourth-order valence-electron chi connectivity index (χ4n) is 4.72. The van der Waals surface area contributed by atoms with E-state index in [0.717, 1.165) is 41.0 Å². The predicted molar refractivity (Wildman–Crippen MR) is 153 cm³/mol. The van der Waals surface area contributed by atoms with Crippen molar-refractivity contribution < 1.29 is 9.59 Å². The molecule has 0 saturated carbocycles. The zero-order chi connectivity index (χ0) is 25.7. The van der Waals surface area contributed by atoms with Crippen molar-refractivity contribution in [2.24, 2.45) is 0 Å². The highest BCUT2D eigenvalue weighted by molar-refractivity contribution is 8.06. The van der Waals surface area contributed by atoms with Crippen LogP contribution in [0.15, 0.2) is 98.1 Å². The molecule has 1 aliphatic heterocycles. The van der Waals surface area contributed by atoms with Gasteiger partial charge < -0.3 is 4.90 Å². The van der Waals surface area contributed by atoms with Gasteiger partial charge in [0.25, 0.3) is 0 Å². The third-order valence-corrected chi connectivity index (χ3v) is 7.81. The standard InChI is InChI=1S/C32H33NO2S/c1-5-28(30(34)7-3)22-9-15-25(16-10-22)33(27-19-13-24(14-20-27)32-21-36-32)26-17-11-23(12-18-26)29(6-2)31(35)8-4/h7-20,28-29,32H,3-6,21H2,1-2H3. The van der Waals surface area contributed by atoms with Crippen molar-refractivity contribution in [3.05, 3.63) is 115 Å². The van der Waals surface area contributed by atoms with Crippen LogP contribution in [0.5, 0.6) is 0 Å². The Labute approximate surface area is 218 Å². The van der Waals surface area contributed by atoms with Gasteiger partial charge in [-0.25, -0.2) is 0 Å². The maximum atomic E-state index is 12.3. The van der Waals surface area contributed by atoms with Crippen LogP contribution in [-0.2, 0) is 9.59 Å². The molecule has 0 amide bonds. The molecule has 4 rings (SSSR count). The van der Waals surface area contributed by atoms with Gasteiger partial charge in [0.15, 0.2) is 11.6 Å². The van der Waals surface area contributed by atoms with E-state index < -0.39 is 0 Å². The highest BCUT2D eigenvalue weighted by Crippen LogP contribution is 2.47. The zero-order valence-corrected chi connectivity index (χ0v) is 21.8. The Bertz CT molecular complexity index is 1150. The Morgan fingerprint density at radius 1 is 0.778 bits per heavy atom. The number of carbonyl (C=O) groups is 2. The number of benzene rings is 3. The molecule has 3 aromatic rings. The van der Waals surface area contributed by atoms with Crippen LogP contribution in [0.25, 0.3) is 0 Å². The molecule has 1 saturated heterocycles. The van der Waals surface area contributed by atoms with Crippen LogP contribution in [0, 0.1) is 0 Å². The summed E-state index contributed by atoms with van der Waals surface area (Å²) in [6.45, 7) is 11.4. The molecule has 0 N–H and O–H groups in total. The molecule has 4 heteroatoms. The van der Waals surface area contributed by atoms with Crippen molar-refractivity contribution in [1.29, 1.82) is 0 Å². The zero-order valence-electron chi connectivity index (χ0n) is 21.0. The van der Waals surface area contributed by atoms with Crippen LogP contribution < -0.4 is 4.90 Å². The third-order valence-electron chi connectivity index (χ3n) is 6.87. The van der Waals surface area contributed by atoms with Gasteiger partial charge in [-0.15, -0.1) is 0 Å². The molecule has 3 nitrogen and oxygen atoms in total. The molecule has 1 aliphatic rings. The number of hydrogen-bond acceptors (Lipinski definition) is 4. The van der Waals surface area contributed by atoms with Crippen LogP contribution in [0.4, 0.5) is 17.1 Å². The second-order valence-electron chi connectivity index (χ2n) is 9.07. The molecule has 3 aromatic carbocycles. The number of ketones is 2. The first-order valence-electron chi connectivity index (χ1n) is 12.5. The fraction of sp³-hybridized carbons (Fsp3) is 0.250. The topological polar surface area (TPSA) is 37.4 Å². The summed E-state index contributed by atoms with van der Waals surface area (Å²) in [6, 6.07) is 25.2. The van der Waals surface area contributed by atoms with Crippen LogP contribution in [0.2, 0.25) is 0 Å². The van der Waals surface area contributed by atoms with Gasteiger partial charge in [0.2, 0.25) is 0 Å². The Kier molecular flexibility index (Phi) is 8.27. The summed E-state index contributed by atoms with van der Waals surface area (Å²) in [5.41, 5.74) is 6.43. The van der Waals surface area contributed by atoms with Crippen molar-refractivity contribution in [2.45, 2.75) is 43.8 Å². The molecule has 0 spiro atoms. The van der Waals surface area contributed by atoms with Gasteiger partial charge in [-0.1, -0.05) is 63.4 Å². The largest absolute Gasteiger partial charge is 0.311 e. The van der Waals surface area contributed by atoms with Gasteiger partial charge in [0.05, 0.1) is 0 Å². The van der Waals surface area contributed by atoms with Crippen LogP contribution in [0.1, 0.15) is 60.5 Å². The van der Waals surface area contributed by atoms with Crippen molar-refractivity contribution in [3.8, 4) is 0 Å². The Hall–Kier alpha value is -3.37. The maximum Gasteiger partial charge on any atom is 0.162 e. The molecular formula is C32H33NO2S. The molecular weight excluding hydrogens is 462 g/mol.